The topological polar surface area (TPSA) is 90.2 Å². The standard InChI is InChI=1S/C18H21NO5/c1-19-5-4-17-14-9-2-3-10(8-20)15(14)24-16(17)11(21)7-13(22)18(17,23)12(19)6-9/h2-3,12-13,16,20,22-23H,4-8H2,1H3/t12-,13?,16?,17+,18+/m1/s1. The Labute approximate surface area is 139 Å². The molecule has 1 aromatic carbocycles. The fourth-order valence-electron chi connectivity index (χ4n) is 5.78. The number of carbonyl (C=O) groups excluding carboxylic acids is 1. The number of aliphatic hydroxyl groups excluding tert-OH is 2. The van der Waals surface area contributed by atoms with Gasteiger partial charge in [0.1, 0.15) is 11.4 Å². The number of hydrogen-bond donors (Lipinski definition) is 3. The number of likely N-dealkylation sites (N-methyl/N-ethyl adjacent to an activating group) is 1. The Morgan fingerprint density at radius 2 is 2.17 bits per heavy atom. The summed E-state index contributed by atoms with van der Waals surface area (Å²) < 4.78 is 6.06. The highest BCUT2D eigenvalue weighted by Gasteiger charge is 2.75. The zero-order chi connectivity index (χ0) is 16.9. The summed E-state index contributed by atoms with van der Waals surface area (Å²) in [5, 5.41) is 32.2. The molecule has 3 N–H and O–H groups in total. The van der Waals surface area contributed by atoms with E-state index in [1.807, 2.05) is 19.2 Å². The third kappa shape index (κ3) is 1.34. The molecule has 1 spiro atoms. The molecule has 2 bridgehead atoms. The van der Waals surface area contributed by atoms with Gasteiger partial charge >= 0.3 is 0 Å². The number of hydrogen-bond acceptors (Lipinski definition) is 6. The molecule has 2 unspecified atom stereocenters. The molecule has 5 atom stereocenters. The molecule has 0 radical (unpaired) electrons. The number of likely N-dealkylation sites (tertiary alicyclic amines) is 1. The number of ether oxygens (including phenoxy) is 1. The molecule has 2 aliphatic carbocycles. The molecule has 2 heterocycles. The van der Waals surface area contributed by atoms with Crippen LogP contribution >= 0.6 is 0 Å². The van der Waals surface area contributed by atoms with Crippen molar-refractivity contribution in [3.05, 3.63) is 28.8 Å². The fraction of sp³-hybridized carbons (Fsp3) is 0.611. The Morgan fingerprint density at radius 1 is 1.38 bits per heavy atom. The minimum Gasteiger partial charge on any atom is -0.481 e. The van der Waals surface area contributed by atoms with E-state index in [-0.39, 0.29) is 24.9 Å². The van der Waals surface area contributed by atoms with Crippen LogP contribution in [0, 0.1) is 0 Å². The lowest BCUT2D eigenvalue weighted by atomic mass is 9.48. The number of ketones is 1. The van der Waals surface area contributed by atoms with Crippen LogP contribution in [0.3, 0.4) is 0 Å². The minimum absolute atomic E-state index is 0.0922. The van der Waals surface area contributed by atoms with Crippen molar-refractivity contribution in [3.63, 3.8) is 0 Å². The van der Waals surface area contributed by atoms with Crippen molar-refractivity contribution in [1.29, 1.82) is 0 Å². The zero-order valence-electron chi connectivity index (χ0n) is 13.5. The van der Waals surface area contributed by atoms with E-state index in [9.17, 15) is 20.1 Å². The highest BCUT2D eigenvalue weighted by molar-refractivity contribution is 5.90. The first-order valence-electron chi connectivity index (χ1n) is 8.51. The predicted octanol–water partition coefficient (Wildman–Crippen LogP) is -0.497. The van der Waals surface area contributed by atoms with Crippen molar-refractivity contribution in [2.75, 3.05) is 13.6 Å². The van der Waals surface area contributed by atoms with Crippen molar-refractivity contribution in [3.8, 4) is 5.75 Å². The predicted molar refractivity (Wildman–Crippen MR) is 83.8 cm³/mol. The molecule has 2 aliphatic heterocycles. The summed E-state index contributed by atoms with van der Waals surface area (Å²) in [5.74, 6) is 0.382. The molecule has 1 saturated carbocycles. The van der Waals surface area contributed by atoms with Gasteiger partial charge in [-0.3, -0.25) is 4.79 Å². The van der Waals surface area contributed by atoms with Crippen LogP contribution in [0.4, 0.5) is 0 Å². The van der Waals surface area contributed by atoms with Gasteiger partial charge in [-0.1, -0.05) is 12.1 Å². The summed E-state index contributed by atoms with van der Waals surface area (Å²) in [6.45, 7) is 0.555. The molecular weight excluding hydrogens is 310 g/mol. The number of nitrogens with zero attached hydrogens (tertiary/aromatic N) is 1. The lowest BCUT2D eigenvalue weighted by molar-refractivity contribution is -0.226. The van der Waals surface area contributed by atoms with Crippen molar-refractivity contribution in [2.45, 2.75) is 55.1 Å². The molecule has 6 heteroatoms. The average Bonchev–Trinajstić information content (AvgIpc) is 2.91. The molecule has 0 aromatic heterocycles. The normalized spacial score (nSPS) is 42.7. The third-order valence-electron chi connectivity index (χ3n) is 6.85. The Balaban J connectivity index is 1.87. The lowest BCUT2D eigenvalue weighted by Gasteiger charge is -2.63. The van der Waals surface area contributed by atoms with Crippen LogP contribution in [0.2, 0.25) is 0 Å². The Morgan fingerprint density at radius 3 is 2.92 bits per heavy atom. The van der Waals surface area contributed by atoms with Gasteiger partial charge in [-0.25, -0.2) is 0 Å². The van der Waals surface area contributed by atoms with Crippen LogP contribution < -0.4 is 4.74 Å². The van der Waals surface area contributed by atoms with Crippen molar-refractivity contribution >= 4 is 5.78 Å². The second-order valence-electron chi connectivity index (χ2n) is 7.68. The number of benzene rings is 1. The smallest absolute Gasteiger partial charge is 0.177 e. The average molecular weight is 331 g/mol. The molecule has 2 fully saturated rings. The van der Waals surface area contributed by atoms with Crippen LogP contribution in [-0.2, 0) is 23.2 Å². The maximum atomic E-state index is 12.7. The fourth-order valence-corrected chi connectivity index (χ4v) is 5.78. The van der Waals surface area contributed by atoms with E-state index in [1.54, 1.807) is 0 Å². The Kier molecular flexibility index (Phi) is 2.71. The first kappa shape index (κ1) is 14.8. The first-order chi connectivity index (χ1) is 11.4. The Bertz CT molecular complexity index is 764. The largest absolute Gasteiger partial charge is 0.481 e. The van der Waals surface area contributed by atoms with Crippen molar-refractivity contribution in [1.82, 2.24) is 4.90 Å². The van der Waals surface area contributed by atoms with E-state index in [1.165, 1.54) is 0 Å². The van der Waals surface area contributed by atoms with Gasteiger partial charge in [0.2, 0.25) is 0 Å². The molecule has 1 saturated heterocycles. The highest BCUT2D eigenvalue weighted by atomic mass is 16.5. The monoisotopic (exact) mass is 331 g/mol. The molecular formula is C18H21NO5. The van der Waals surface area contributed by atoms with Gasteiger partial charge < -0.3 is 25.0 Å². The summed E-state index contributed by atoms with van der Waals surface area (Å²) in [5.41, 5.74) is 0.211. The summed E-state index contributed by atoms with van der Waals surface area (Å²) in [7, 11) is 1.96. The van der Waals surface area contributed by atoms with Crippen LogP contribution in [0.15, 0.2) is 12.1 Å². The molecule has 128 valence electrons. The summed E-state index contributed by atoms with van der Waals surface area (Å²) in [4.78, 5) is 14.8. The summed E-state index contributed by atoms with van der Waals surface area (Å²) in [6, 6.07) is 3.55. The van der Waals surface area contributed by atoms with Crippen molar-refractivity contribution in [2.24, 2.45) is 0 Å². The zero-order valence-corrected chi connectivity index (χ0v) is 13.5. The molecule has 24 heavy (non-hydrogen) atoms. The number of carbonyl (C=O) groups is 1. The second kappa shape index (κ2) is 4.38. The van der Waals surface area contributed by atoms with E-state index >= 15 is 0 Å². The number of rotatable bonds is 1. The lowest BCUT2D eigenvalue weighted by Crippen LogP contribution is -2.80. The molecule has 5 rings (SSSR count). The quantitative estimate of drug-likeness (QED) is 0.643. The second-order valence-corrected chi connectivity index (χ2v) is 7.68. The first-order valence-corrected chi connectivity index (χ1v) is 8.51. The number of Topliss-reactive ketones (excluding diaryl/α,β-unsaturated/α-hetero) is 1. The van der Waals surface area contributed by atoms with Gasteiger partial charge in [0.15, 0.2) is 11.9 Å². The molecule has 0 amide bonds. The summed E-state index contributed by atoms with van der Waals surface area (Å²) in [6.07, 6.45) is -0.813. The number of piperidine rings is 1. The van der Waals surface area contributed by atoms with Gasteiger partial charge in [0.05, 0.1) is 18.1 Å². The van der Waals surface area contributed by atoms with Gasteiger partial charge in [-0.2, -0.15) is 0 Å². The van der Waals surface area contributed by atoms with Crippen LogP contribution in [0.1, 0.15) is 29.5 Å². The minimum atomic E-state index is -1.41. The van der Waals surface area contributed by atoms with Crippen molar-refractivity contribution < 1.29 is 24.9 Å². The van der Waals surface area contributed by atoms with Gasteiger partial charge in [0.25, 0.3) is 0 Å². The van der Waals surface area contributed by atoms with Crippen LogP contribution in [0.5, 0.6) is 5.75 Å². The van der Waals surface area contributed by atoms with Gasteiger partial charge in [0, 0.05) is 23.6 Å². The Hall–Kier alpha value is -1.47. The van der Waals surface area contributed by atoms with Crippen LogP contribution in [0.25, 0.3) is 0 Å². The van der Waals surface area contributed by atoms with Crippen LogP contribution in [-0.4, -0.2) is 63.4 Å². The molecule has 1 aromatic rings. The molecule has 4 aliphatic rings. The maximum Gasteiger partial charge on any atom is 0.177 e. The van der Waals surface area contributed by atoms with E-state index in [2.05, 4.69) is 4.90 Å². The van der Waals surface area contributed by atoms with E-state index in [0.717, 1.165) is 17.7 Å². The number of aliphatic hydroxyl groups is 3. The van der Waals surface area contributed by atoms with E-state index in [0.29, 0.717) is 24.2 Å². The summed E-state index contributed by atoms with van der Waals surface area (Å²) >= 11 is 0. The van der Waals surface area contributed by atoms with E-state index in [4.69, 9.17) is 4.74 Å². The maximum absolute atomic E-state index is 12.7. The third-order valence-corrected chi connectivity index (χ3v) is 6.85. The molecule has 6 nitrogen and oxygen atoms in total. The highest BCUT2D eigenvalue weighted by Crippen LogP contribution is 2.63. The SMILES string of the molecule is CN1CC[C@]23c4c5ccc(CO)c4OC2C(=O)CC(O)[C@@]3(O)[C@H]1C5. The van der Waals surface area contributed by atoms with Gasteiger partial charge in [-0.15, -0.1) is 0 Å². The van der Waals surface area contributed by atoms with E-state index < -0.39 is 23.2 Å². The van der Waals surface area contributed by atoms with Gasteiger partial charge in [-0.05, 0) is 32.0 Å².